The molecule has 3 heterocycles. The molecule has 1 unspecified atom stereocenters. The lowest BCUT2D eigenvalue weighted by Crippen LogP contribution is -2.35. The zero-order valence-electron chi connectivity index (χ0n) is 16.5. The normalized spacial score (nSPS) is 21.9. The topological polar surface area (TPSA) is 53.5 Å². The van der Waals surface area contributed by atoms with Crippen molar-refractivity contribution in [2.75, 3.05) is 23.7 Å². The fourth-order valence-electron chi connectivity index (χ4n) is 4.43. The van der Waals surface area contributed by atoms with Gasteiger partial charge in [0.05, 0.1) is 23.2 Å². The fourth-order valence-corrected chi connectivity index (χ4v) is 5.76. The van der Waals surface area contributed by atoms with Crippen LogP contribution in [0.25, 0.3) is 0 Å². The minimum atomic E-state index is -3.13. The van der Waals surface area contributed by atoms with Crippen LogP contribution < -0.4 is 4.90 Å². The van der Waals surface area contributed by atoms with Crippen molar-refractivity contribution in [1.82, 2.24) is 9.29 Å². The third kappa shape index (κ3) is 3.31. The predicted octanol–water partition coefficient (Wildman–Crippen LogP) is 4.13. The molecule has 0 spiro atoms. The third-order valence-electron chi connectivity index (χ3n) is 6.17. The first-order valence-corrected chi connectivity index (χ1v) is 11.7. The van der Waals surface area contributed by atoms with Crippen molar-refractivity contribution in [3.05, 3.63) is 58.4 Å². The molecule has 0 N–H and O–H groups in total. The molecule has 1 aromatic heterocycles. The lowest BCUT2D eigenvalue weighted by molar-refractivity contribution is 0.474. The van der Waals surface area contributed by atoms with E-state index in [1.807, 2.05) is 18.5 Å². The van der Waals surface area contributed by atoms with Gasteiger partial charge in [-0.3, -0.25) is 4.98 Å². The van der Waals surface area contributed by atoms with Gasteiger partial charge in [0.2, 0.25) is 10.0 Å². The quantitative estimate of drug-likeness (QED) is 0.747. The highest BCUT2D eigenvalue weighted by Crippen LogP contribution is 2.43. The average molecular weight is 420 g/mol. The van der Waals surface area contributed by atoms with Gasteiger partial charge in [-0.05, 0) is 62.1 Å². The number of sulfonamides is 1. The Balaban J connectivity index is 1.61. The zero-order chi connectivity index (χ0) is 20.1. The summed E-state index contributed by atoms with van der Waals surface area (Å²) in [5.41, 5.74) is 4.50. The van der Waals surface area contributed by atoms with E-state index in [0.29, 0.717) is 13.1 Å². The van der Waals surface area contributed by atoms with Gasteiger partial charge in [-0.2, -0.15) is 0 Å². The molecular weight excluding hydrogens is 394 g/mol. The molecule has 28 heavy (non-hydrogen) atoms. The molecule has 5 nitrogen and oxygen atoms in total. The molecule has 1 aromatic carbocycles. The SMILES string of the molecule is CCS(=O)(=O)N1CCC(c2cncc(N3Cc4ccc(Cl)cc4C3(C)C)c2)C1. The number of aromatic nitrogens is 1. The van der Waals surface area contributed by atoms with Crippen LogP contribution in [0.4, 0.5) is 5.69 Å². The predicted molar refractivity (Wildman–Crippen MR) is 113 cm³/mol. The van der Waals surface area contributed by atoms with Gasteiger partial charge in [0.1, 0.15) is 0 Å². The van der Waals surface area contributed by atoms with Gasteiger partial charge in [-0.15, -0.1) is 0 Å². The number of hydrogen-bond donors (Lipinski definition) is 0. The monoisotopic (exact) mass is 419 g/mol. The summed E-state index contributed by atoms with van der Waals surface area (Å²) in [6.07, 6.45) is 4.61. The van der Waals surface area contributed by atoms with E-state index >= 15 is 0 Å². The van der Waals surface area contributed by atoms with Crippen LogP contribution >= 0.6 is 11.6 Å². The maximum absolute atomic E-state index is 12.2. The first-order chi connectivity index (χ1) is 13.2. The number of halogens is 1. The Kier molecular flexibility index (Phi) is 4.92. The molecule has 1 atom stereocenters. The second kappa shape index (κ2) is 7.01. The lowest BCUT2D eigenvalue weighted by atomic mass is 9.93. The third-order valence-corrected chi connectivity index (χ3v) is 8.25. The van der Waals surface area contributed by atoms with E-state index < -0.39 is 10.0 Å². The van der Waals surface area contributed by atoms with Gasteiger partial charge >= 0.3 is 0 Å². The van der Waals surface area contributed by atoms with E-state index in [-0.39, 0.29) is 17.2 Å². The Morgan fingerprint density at radius 1 is 1.25 bits per heavy atom. The molecule has 0 aliphatic carbocycles. The number of fused-ring (bicyclic) bond motifs is 1. The molecule has 4 rings (SSSR count). The molecule has 2 aromatic rings. The van der Waals surface area contributed by atoms with Crippen LogP contribution in [0.1, 0.15) is 49.8 Å². The summed E-state index contributed by atoms with van der Waals surface area (Å²) in [5, 5.41) is 0.753. The first kappa shape index (κ1) is 19.7. The van der Waals surface area contributed by atoms with Crippen LogP contribution in [0, 0.1) is 0 Å². The van der Waals surface area contributed by atoms with E-state index in [4.69, 9.17) is 11.6 Å². The van der Waals surface area contributed by atoms with Crippen molar-refractivity contribution < 1.29 is 8.42 Å². The minimum Gasteiger partial charge on any atom is -0.357 e. The second-order valence-corrected chi connectivity index (χ2v) is 10.9. The molecular formula is C21H26ClN3O2S. The summed E-state index contributed by atoms with van der Waals surface area (Å²) in [7, 11) is -3.13. The van der Waals surface area contributed by atoms with E-state index in [1.54, 1.807) is 11.2 Å². The molecule has 0 bridgehead atoms. The number of anilines is 1. The average Bonchev–Trinajstić information content (AvgIpc) is 3.26. The van der Waals surface area contributed by atoms with Crippen LogP contribution in [-0.4, -0.2) is 36.5 Å². The maximum atomic E-state index is 12.2. The highest BCUT2D eigenvalue weighted by molar-refractivity contribution is 7.89. The van der Waals surface area contributed by atoms with Crippen LogP contribution in [-0.2, 0) is 22.1 Å². The highest BCUT2D eigenvalue weighted by atomic mass is 35.5. The molecule has 2 aliphatic rings. The summed E-state index contributed by atoms with van der Waals surface area (Å²) < 4.78 is 26.0. The molecule has 150 valence electrons. The lowest BCUT2D eigenvalue weighted by Gasteiger charge is -2.34. The van der Waals surface area contributed by atoms with Crippen molar-refractivity contribution in [1.29, 1.82) is 0 Å². The number of nitrogens with zero attached hydrogens (tertiary/aromatic N) is 3. The fraction of sp³-hybridized carbons (Fsp3) is 0.476. The molecule has 0 radical (unpaired) electrons. The number of pyridine rings is 1. The Bertz CT molecular complexity index is 1010. The number of rotatable bonds is 4. The van der Waals surface area contributed by atoms with Crippen molar-refractivity contribution in [3.8, 4) is 0 Å². The summed E-state index contributed by atoms with van der Waals surface area (Å²) in [4.78, 5) is 6.84. The van der Waals surface area contributed by atoms with E-state index in [1.165, 1.54) is 11.1 Å². The Hall–Kier alpha value is -1.63. The zero-order valence-corrected chi connectivity index (χ0v) is 18.1. The molecule has 1 saturated heterocycles. The van der Waals surface area contributed by atoms with Gasteiger partial charge in [0.15, 0.2) is 0 Å². The summed E-state index contributed by atoms with van der Waals surface area (Å²) in [6.45, 7) is 8.04. The van der Waals surface area contributed by atoms with E-state index in [9.17, 15) is 8.42 Å². The standard InChI is InChI=1S/C21H26ClN3O2S/c1-4-28(26,27)24-8-7-15(13-24)17-9-19(12-23-11-17)25-14-16-5-6-18(22)10-20(16)21(25,2)3/h5-6,9-12,15H,4,7-8,13-14H2,1-3H3. The van der Waals surface area contributed by atoms with Gasteiger partial charge in [0.25, 0.3) is 0 Å². The second-order valence-electron chi connectivity index (χ2n) is 8.17. The molecule has 0 amide bonds. The van der Waals surface area contributed by atoms with E-state index in [0.717, 1.165) is 29.2 Å². The Labute approximate surface area is 172 Å². The van der Waals surface area contributed by atoms with Crippen molar-refractivity contribution in [2.24, 2.45) is 0 Å². The molecule has 7 heteroatoms. The maximum Gasteiger partial charge on any atom is 0.213 e. The highest BCUT2D eigenvalue weighted by Gasteiger charge is 2.38. The van der Waals surface area contributed by atoms with Crippen LogP contribution in [0.15, 0.2) is 36.7 Å². The molecule has 2 aliphatic heterocycles. The summed E-state index contributed by atoms with van der Waals surface area (Å²) in [6, 6.07) is 8.27. The van der Waals surface area contributed by atoms with Gasteiger partial charge in [-0.25, -0.2) is 12.7 Å². The summed E-state index contributed by atoms with van der Waals surface area (Å²) >= 11 is 6.23. The first-order valence-electron chi connectivity index (χ1n) is 9.71. The number of hydrogen-bond acceptors (Lipinski definition) is 4. The van der Waals surface area contributed by atoms with Gasteiger partial charge in [0, 0.05) is 36.8 Å². The van der Waals surface area contributed by atoms with E-state index in [2.05, 4.69) is 41.9 Å². The van der Waals surface area contributed by atoms with Crippen LogP contribution in [0.2, 0.25) is 5.02 Å². The van der Waals surface area contributed by atoms with Crippen molar-refractivity contribution in [2.45, 2.75) is 45.2 Å². The molecule has 1 fully saturated rings. The Morgan fingerprint density at radius 3 is 2.79 bits per heavy atom. The Morgan fingerprint density at radius 2 is 2.04 bits per heavy atom. The molecule has 0 saturated carbocycles. The minimum absolute atomic E-state index is 0.154. The van der Waals surface area contributed by atoms with Crippen LogP contribution in [0.3, 0.4) is 0 Å². The van der Waals surface area contributed by atoms with Crippen molar-refractivity contribution >= 4 is 27.3 Å². The summed E-state index contributed by atoms with van der Waals surface area (Å²) in [5.74, 6) is 0.345. The van der Waals surface area contributed by atoms with Gasteiger partial charge < -0.3 is 4.90 Å². The smallest absolute Gasteiger partial charge is 0.213 e. The van der Waals surface area contributed by atoms with Crippen molar-refractivity contribution in [3.63, 3.8) is 0 Å². The van der Waals surface area contributed by atoms with Crippen LogP contribution in [0.5, 0.6) is 0 Å². The number of benzene rings is 1. The largest absolute Gasteiger partial charge is 0.357 e. The van der Waals surface area contributed by atoms with Gasteiger partial charge in [-0.1, -0.05) is 17.7 Å².